The van der Waals surface area contributed by atoms with E-state index in [9.17, 15) is 5.11 Å². The largest absolute Gasteiger partial charge is 0.389 e. The monoisotopic (exact) mass is 256 g/mol. The zero-order chi connectivity index (χ0) is 13.2. The molecule has 0 spiro atoms. The van der Waals surface area contributed by atoms with E-state index in [4.69, 9.17) is 0 Å². The van der Waals surface area contributed by atoms with Crippen molar-refractivity contribution >= 4 is 10.9 Å². The normalized spacial score (nSPS) is 20.3. The van der Waals surface area contributed by atoms with Gasteiger partial charge < -0.3 is 5.11 Å². The van der Waals surface area contributed by atoms with Crippen LogP contribution in [0.4, 0.5) is 0 Å². The molecule has 19 heavy (non-hydrogen) atoms. The Morgan fingerprint density at radius 2 is 2.16 bits per heavy atom. The average Bonchev–Trinajstić information content (AvgIpc) is 2.58. The van der Waals surface area contributed by atoms with Crippen LogP contribution in [0.3, 0.4) is 0 Å². The Morgan fingerprint density at radius 3 is 3.05 bits per heavy atom. The Balaban J connectivity index is 1.93. The van der Waals surface area contributed by atoms with Crippen molar-refractivity contribution in [3.63, 3.8) is 0 Å². The first-order valence-electron chi connectivity index (χ1n) is 7.02. The minimum absolute atomic E-state index is 0.271. The molecular weight excluding hydrogens is 236 g/mol. The van der Waals surface area contributed by atoms with Gasteiger partial charge in [0.25, 0.3) is 0 Å². The molecule has 0 saturated carbocycles. The molecular formula is C16H20N2O. The number of rotatable bonds is 2. The van der Waals surface area contributed by atoms with E-state index in [0.29, 0.717) is 0 Å². The summed E-state index contributed by atoms with van der Waals surface area (Å²) in [5.41, 5.74) is 3.62. The molecule has 1 aliphatic rings. The van der Waals surface area contributed by atoms with Crippen molar-refractivity contribution in [1.82, 2.24) is 9.78 Å². The van der Waals surface area contributed by atoms with Gasteiger partial charge in [0.1, 0.15) is 0 Å². The molecule has 0 fully saturated rings. The van der Waals surface area contributed by atoms with Crippen molar-refractivity contribution in [3.8, 4) is 0 Å². The van der Waals surface area contributed by atoms with Gasteiger partial charge in [-0.15, -0.1) is 0 Å². The van der Waals surface area contributed by atoms with Gasteiger partial charge in [0, 0.05) is 18.9 Å². The predicted molar refractivity (Wildman–Crippen MR) is 77.0 cm³/mol. The lowest BCUT2D eigenvalue weighted by Gasteiger charge is -2.04. The van der Waals surface area contributed by atoms with Crippen molar-refractivity contribution < 1.29 is 5.11 Å². The molecule has 0 bridgehead atoms. The van der Waals surface area contributed by atoms with Crippen LogP contribution in [0.2, 0.25) is 0 Å². The predicted octanol–water partition coefficient (Wildman–Crippen LogP) is 2.98. The third-order valence-electron chi connectivity index (χ3n) is 3.90. The lowest BCUT2D eigenvalue weighted by atomic mass is 10.0. The van der Waals surface area contributed by atoms with Crippen LogP contribution in [0.5, 0.6) is 0 Å². The Kier molecular flexibility index (Phi) is 3.38. The van der Waals surface area contributed by atoms with Crippen LogP contribution >= 0.6 is 0 Å². The molecule has 1 aromatic heterocycles. The van der Waals surface area contributed by atoms with E-state index in [0.717, 1.165) is 31.4 Å². The second-order valence-electron chi connectivity index (χ2n) is 5.40. The molecule has 1 aromatic carbocycles. The molecule has 1 N–H and O–H groups in total. The van der Waals surface area contributed by atoms with E-state index < -0.39 is 0 Å². The van der Waals surface area contributed by atoms with Gasteiger partial charge in [0.05, 0.1) is 17.3 Å². The highest BCUT2D eigenvalue weighted by Gasteiger charge is 2.13. The maximum Gasteiger partial charge on any atom is 0.0743 e. The lowest BCUT2D eigenvalue weighted by molar-refractivity contribution is 0.211. The average molecular weight is 256 g/mol. The number of aliphatic hydroxyl groups excluding tert-OH is 1. The van der Waals surface area contributed by atoms with Gasteiger partial charge in [-0.05, 0) is 25.3 Å². The van der Waals surface area contributed by atoms with E-state index in [2.05, 4.69) is 23.3 Å². The highest BCUT2D eigenvalue weighted by Crippen LogP contribution is 2.24. The molecule has 1 atom stereocenters. The summed E-state index contributed by atoms with van der Waals surface area (Å²) in [4.78, 5) is 0. The second kappa shape index (κ2) is 5.17. The molecule has 0 saturated heterocycles. The topological polar surface area (TPSA) is 38.0 Å². The Labute approximate surface area is 113 Å². The van der Waals surface area contributed by atoms with Gasteiger partial charge in [-0.3, -0.25) is 4.68 Å². The van der Waals surface area contributed by atoms with Crippen molar-refractivity contribution in [1.29, 1.82) is 0 Å². The fourth-order valence-corrected chi connectivity index (χ4v) is 2.93. The third kappa shape index (κ3) is 2.56. The van der Waals surface area contributed by atoms with Crippen LogP contribution in [0.25, 0.3) is 10.9 Å². The molecule has 1 aliphatic carbocycles. The van der Waals surface area contributed by atoms with Crippen LogP contribution in [0.15, 0.2) is 35.9 Å². The molecule has 3 heteroatoms. The van der Waals surface area contributed by atoms with Gasteiger partial charge >= 0.3 is 0 Å². The molecule has 3 rings (SSSR count). The summed E-state index contributed by atoms with van der Waals surface area (Å²) in [5, 5.41) is 15.7. The van der Waals surface area contributed by atoms with Gasteiger partial charge in [-0.25, -0.2) is 0 Å². The fraction of sp³-hybridized carbons (Fsp3) is 0.438. The molecule has 0 radical (unpaired) electrons. The van der Waals surface area contributed by atoms with Crippen molar-refractivity contribution in [2.24, 2.45) is 7.05 Å². The van der Waals surface area contributed by atoms with Crippen LogP contribution in [-0.4, -0.2) is 21.0 Å². The minimum atomic E-state index is -0.271. The number of hydrogen-bond acceptors (Lipinski definition) is 2. The fourth-order valence-electron chi connectivity index (χ4n) is 2.93. The van der Waals surface area contributed by atoms with Crippen molar-refractivity contribution in [3.05, 3.63) is 41.6 Å². The first-order chi connectivity index (χ1) is 9.24. The number of benzene rings is 1. The van der Waals surface area contributed by atoms with E-state index in [1.807, 2.05) is 23.9 Å². The SMILES string of the molecule is Cn1nc(CC2=CC(O)CCCC2)c2ccccc21. The van der Waals surface area contributed by atoms with Crippen LogP contribution < -0.4 is 0 Å². The van der Waals surface area contributed by atoms with Crippen LogP contribution in [-0.2, 0) is 13.5 Å². The lowest BCUT2D eigenvalue weighted by Crippen LogP contribution is -2.01. The van der Waals surface area contributed by atoms with Gasteiger partial charge in [-0.1, -0.05) is 36.3 Å². The van der Waals surface area contributed by atoms with Gasteiger partial charge in [-0.2, -0.15) is 5.10 Å². The van der Waals surface area contributed by atoms with Gasteiger partial charge in [0.2, 0.25) is 0 Å². The Hall–Kier alpha value is -1.61. The first-order valence-corrected chi connectivity index (χ1v) is 7.02. The molecule has 2 aromatic rings. The maximum absolute atomic E-state index is 9.85. The number of allylic oxidation sites excluding steroid dienone is 1. The molecule has 1 heterocycles. The minimum Gasteiger partial charge on any atom is -0.389 e. The number of aryl methyl sites for hydroxylation is 1. The number of nitrogens with zero attached hydrogens (tertiary/aromatic N) is 2. The summed E-state index contributed by atoms with van der Waals surface area (Å²) >= 11 is 0. The van der Waals surface area contributed by atoms with Crippen molar-refractivity contribution in [2.45, 2.75) is 38.2 Å². The van der Waals surface area contributed by atoms with Gasteiger partial charge in [0.15, 0.2) is 0 Å². The number of aromatic nitrogens is 2. The summed E-state index contributed by atoms with van der Waals surface area (Å²) in [6.07, 6.45) is 6.90. The van der Waals surface area contributed by atoms with Crippen LogP contribution in [0, 0.1) is 0 Å². The van der Waals surface area contributed by atoms with E-state index >= 15 is 0 Å². The second-order valence-corrected chi connectivity index (χ2v) is 5.40. The zero-order valence-electron chi connectivity index (χ0n) is 11.3. The summed E-state index contributed by atoms with van der Waals surface area (Å²) < 4.78 is 1.94. The number of hydrogen-bond donors (Lipinski definition) is 1. The number of aliphatic hydroxyl groups is 1. The summed E-state index contributed by atoms with van der Waals surface area (Å²) in [6, 6.07) is 8.33. The van der Waals surface area contributed by atoms with E-state index in [-0.39, 0.29) is 6.10 Å². The summed E-state index contributed by atoms with van der Waals surface area (Å²) in [7, 11) is 1.99. The number of fused-ring (bicyclic) bond motifs is 1. The quantitative estimate of drug-likeness (QED) is 0.839. The zero-order valence-corrected chi connectivity index (χ0v) is 11.3. The first kappa shape index (κ1) is 12.4. The standard InChI is InChI=1S/C16H20N2O/c1-18-16-9-5-4-8-14(16)15(17-18)11-12-6-2-3-7-13(19)10-12/h4-5,8-10,13,19H,2-3,6-7,11H2,1H3. The molecule has 100 valence electrons. The highest BCUT2D eigenvalue weighted by molar-refractivity contribution is 5.82. The molecule has 0 aliphatic heterocycles. The van der Waals surface area contributed by atoms with E-state index in [1.54, 1.807) is 0 Å². The number of para-hydroxylation sites is 1. The van der Waals surface area contributed by atoms with E-state index in [1.165, 1.54) is 22.9 Å². The third-order valence-corrected chi connectivity index (χ3v) is 3.90. The summed E-state index contributed by atoms with van der Waals surface area (Å²) in [6.45, 7) is 0. The maximum atomic E-state index is 9.85. The Morgan fingerprint density at radius 1 is 1.32 bits per heavy atom. The Bertz CT molecular complexity index is 612. The molecule has 3 nitrogen and oxygen atoms in total. The molecule has 1 unspecified atom stereocenters. The smallest absolute Gasteiger partial charge is 0.0743 e. The van der Waals surface area contributed by atoms with Crippen LogP contribution in [0.1, 0.15) is 31.4 Å². The summed E-state index contributed by atoms with van der Waals surface area (Å²) in [5.74, 6) is 0. The highest BCUT2D eigenvalue weighted by atomic mass is 16.3. The molecule has 0 amide bonds. The van der Waals surface area contributed by atoms with Crippen molar-refractivity contribution in [2.75, 3.05) is 0 Å².